The SMILES string of the molecule is NCc1ncccc1C(=O)OCc1ccccc1. The number of benzene rings is 1. The summed E-state index contributed by atoms with van der Waals surface area (Å²) in [6.07, 6.45) is 1.61. The van der Waals surface area contributed by atoms with Crippen molar-refractivity contribution in [2.75, 3.05) is 0 Å². The van der Waals surface area contributed by atoms with Gasteiger partial charge in [-0.25, -0.2) is 4.79 Å². The number of nitrogens with zero attached hydrogens (tertiary/aromatic N) is 1. The molecule has 0 bridgehead atoms. The fraction of sp³-hybridized carbons (Fsp3) is 0.143. The van der Waals surface area contributed by atoms with Crippen LogP contribution >= 0.6 is 0 Å². The molecule has 0 aliphatic heterocycles. The molecule has 1 heterocycles. The number of hydrogen-bond acceptors (Lipinski definition) is 4. The Bertz CT molecular complexity index is 526. The summed E-state index contributed by atoms with van der Waals surface area (Å²) in [5.41, 5.74) is 7.45. The summed E-state index contributed by atoms with van der Waals surface area (Å²) in [7, 11) is 0. The first kappa shape index (κ1) is 12.3. The van der Waals surface area contributed by atoms with Crippen molar-refractivity contribution in [3.63, 3.8) is 0 Å². The Labute approximate surface area is 105 Å². The summed E-state index contributed by atoms with van der Waals surface area (Å²) in [4.78, 5) is 15.9. The number of carbonyl (C=O) groups excluding carboxylic acids is 1. The van der Waals surface area contributed by atoms with Crippen molar-refractivity contribution in [2.24, 2.45) is 5.73 Å². The molecule has 4 heteroatoms. The van der Waals surface area contributed by atoms with E-state index in [1.54, 1.807) is 18.3 Å². The Hall–Kier alpha value is -2.20. The topological polar surface area (TPSA) is 65.2 Å². The Morgan fingerprint density at radius 3 is 2.67 bits per heavy atom. The Morgan fingerprint density at radius 2 is 1.94 bits per heavy atom. The highest BCUT2D eigenvalue weighted by Gasteiger charge is 2.12. The number of esters is 1. The quantitative estimate of drug-likeness (QED) is 0.831. The van der Waals surface area contributed by atoms with Gasteiger partial charge < -0.3 is 10.5 Å². The standard InChI is InChI=1S/C14H14N2O2/c15-9-13-12(7-4-8-16-13)14(17)18-10-11-5-2-1-3-6-11/h1-8H,9-10,15H2. The van der Waals surface area contributed by atoms with Crippen LogP contribution in [0.25, 0.3) is 0 Å². The van der Waals surface area contributed by atoms with Crippen molar-refractivity contribution in [3.8, 4) is 0 Å². The second kappa shape index (κ2) is 5.93. The molecule has 0 saturated carbocycles. The molecule has 18 heavy (non-hydrogen) atoms. The summed E-state index contributed by atoms with van der Waals surface area (Å²) in [6.45, 7) is 0.467. The van der Waals surface area contributed by atoms with E-state index in [1.807, 2.05) is 30.3 Å². The van der Waals surface area contributed by atoms with Crippen LogP contribution in [0.4, 0.5) is 0 Å². The van der Waals surface area contributed by atoms with Crippen molar-refractivity contribution < 1.29 is 9.53 Å². The second-order valence-electron chi connectivity index (χ2n) is 3.76. The van der Waals surface area contributed by atoms with Gasteiger partial charge in [0.15, 0.2) is 0 Å². The van der Waals surface area contributed by atoms with Crippen molar-refractivity contribution in [2.45, 2.75) is 13.2 Å². The molecule has 0 aliphatic rings. The van der Waals surface area contributed by atoms with Gasteiger partial charge in [0.25, 0.3) is 0 Å². The third-order valence-corrected chi connectivity index (χ3v) is 2.52. The number of nitrogens with two attached hydrogens (primary N) is 1. The maximum absolute atomic E-state index is 11.9. The largest absolute Gasteiger partial charge is 0.457 e. The third-order valence-electron chi connectivity index (χ3n) is 2.52. The first-order valence-electron chi connectivity index (χ1n) is 5.66. The van der Waals surface area contributed by atoms with Crippen LogP contribution in [0.15, 0.2) is 48.7 Å². The minimum Gasteiger partial charge on any atom is -0.457 e. The lowest BCUT2D eigenvalue weighted by Crippen LogP contribution is -2.12. The van der Waals surface area contributed by atoms with E-state index in [9.17, 15) is 4.79 Å². The molecule has 2 rings (SSSR count). The van der Waals surface area contributed by atoms with E-state index >= 15 is 0 Å². The van der Waals surface area contributed by atoms with Gasteiger partial charge in [0, 0.05) is 12.7 Å². The van der Waals surface area contributed by atoms with E-state index in [1.165, 1.54) is 0 Å². The van der Waals surface area contributed by atoms with Crippen molar-refractivity contribution >= 4 is 5.97 Å². The van der Waals surface area contributed by atoms with Crippen LogP contribution in [0.1, 0.15) is 21.6 Å². The van der Waals surface area contributed by atoms with E-state index in [4.69, 9.17) is 10.5 Å². The van der Waals surface area contributed by atoms with Gasteiger partial charge in [-0.05, 0) is 17.7 Å². The minimum atomic E-state index is -0.396. The number of pyridine rings is 1. The van der Waals surface area contributed by atoms with Gasteiger partial charge in [-0.3, -0.25) is 4.98 Å². The first-order valence-corrected chi connectivity index (χ1v) is 5.66. The number of carbonyl (C=O) groups is 1. The van der Waals surface area contributed by atoms with Gasteiger partial charge in [0.05, 0.1) is 11.3 Å². The summed E-state index contributed by atoms with van der Waals surface area (Å²) >= 11 is 0. The molecule has 2 N–H and O–H groups in total. The van der Waals surface area contributed by atoms with Crippen LogP contribution in [0.2, 0.25) is 0 Å². The Kier molecular flexibility index (Phi) is 4.04. The molecule has 1 aromatic carbocycles. The molecule has 0 spiro atoms. The van der Waals surface area contributed by atoms with Gasteiger partial charge in [-0.1, -0.05) is 30.3 Å². The molecule has 1 aromatic heterocycles. The molecule has 4 nitrogen and oxygen atoms in total. The summed E-state index contributed by atoms with van der Waals surface area (Å²) in [6, 6.07) is 12.9. The second-order valence-corrected chi connectivity index (χ2v) is 3.76. The van der Waals surface area contributed by atoms with Crippen LogP contribution in [0.3, 0.4) is 0 Å². The van der Waals surface area contributed by atoms with Gasteiger partial charge in [-0.2, -0.15) is 0 Å². The Morgan fingerprint density at radius 1 is 1.17 bits per heavy atom. The zero-order valence-electron chi connectivity index (χ0n) is 9.87. The summed E-state index contributed by atoms with van der Waals surface area (Å²) in [5.74, 6) is -0.396. The number of ether oxygens (including phenoxy) is 1. The predicted molar refractivity (Wildman–Crippen MR) is 67.7 cm³/mol. The van der Waals surface area contributed by atoms with Crippen molar-refractivity contribution in [1.82, 2.24) is 4.98 Å². The Balaban J connectivity index is 2.04. The molecule has 0 radical (unpaired) electrons. The van der Waals surface area contributed by atoms with Gasteiger partial charge >= 0.3 is 5.97 Å². The average molecular weight is 242 g/mol. The molecule has 0 atom stereocenters. The molecule has 0 saturated heterocycles. The van der Waals surface area contributed by atoms with E-state index in [2.05, 4.69) is 4.98 Å². The lowest BCUT2D eigenvalue weighted by molar-refractivity contribution is 0.0471. The van der Waals surface area contributed by atoms with Crippen LogP contribution in [-0.4, -0.2) is 11.0 Å². The average Bonchev–Trinajstić information content (AvgIpc) is 2.45. The van der Waals surface area contributed by atoms with Crippen LogP contribution in [0.5, 0.6) is 0 Å². The van der Waals surface area contributed by atoms with Crippen LogP contribution in [0, 0.1) is 0 Å². The molecular weight excluding hydrogens is 228 g/mol. The van der Waals surface area contributed by atoms with E-state index in [0.717, 1.165) is 5.56 Å². The van der Waals surface area contributed by atoms with Crippen molar-refractivity contribution in [1.29, 1.82) is 0 Å². The molecule has 0 amide bonds. The lowest BCUT2D eigenvalue weighted by atomic mass is 10.2. The number of hydrogen-bond donors (Lipinski definition) is 1. The normalized spacial score (nSPS) is 10.1. The summed E-state index contributed by atoms with van der Waals surface area (Å²) < 4.78 is 5.22. The highest BCUT2D eigenvalue weighted by molar-refractivity contribution is 5.90. The smallest absolute Gasteiger partial charge is 0.340 e. The fourth-order valence-corrected chi connectivity index (χ4v) is 1.59. The summed E-state index contributed by atoms with van der Waals surface area (Å²) in [5, 5.41) is 0. The lowest BCUT2D eigenvalue weighted by Gasteiger charge is -2.07. The zero-order chi connectivity index (χ0) is 12.8. The van der Waals surface area contributed by atoms with Gasteiger partial charge in [-0.15, -0.1) is 0 Å². The maximum Gasteiger partial charge on any atom is 0.340 e. The number of aromatic nitrogens is 1. The molecule has 0 unspecified atom stereocenters. The molecular formula is C14H14N2O2. The molecule has 2 aromatic rings. The van der Waals surface area contributed by atoms with Crippen LogP contribution < -0.4 is 5.73 Å². The predicted octanol–water partition coefficient (Wildman–Crippen LogP) is 1.90. The maximum atomic E-state index is 11.9. The van der Waals surface area contributed by atoms with Gasteiger partial charge in [0.1, 0.15) is 6.61 Å². The highest BCUT2D eigenvalue weighted by atomic mass is 16.5. The minimum absolute atomic E-state index is 0.219. The highest BCUT2D eigenvalue weighted by Crippen LogP contribution is 2.09. The van der Waals surface area contributed by atoms with E-state index < -0.39 is 5.97 Å². The molecule has 0 aliphatic carbocycles. The molecule has 92 valence electrons. The monoisotopic (exact) mass is 242 g/mol. The third kappa shape index (κ3) is 2.93. The van der Waals surface area contributed by atoms with Gasteiger partial charge in [0.2, 0.25) is 0 Å². The van der Waals surface area contributed by atoms with Crippen molar-refractivity contribution in [3.05, 3.63) is 65.5 Å². The zero-order valence-corrected chi connectivity index (χ0v) is 9.87. The molecule has 0 fully saturated rings. The van der Waals surface area contributed by atoms with Crippen LogP contribution in [-0.2, 0) is 17.9 Å². The van der Waals surface area contributed by atoms with E-state index in [0.29, 0.717) is 11.3 Å². The fourth-order valence-electron chi connectivity index (χ4n) is 1.59. The first-order chi connectivity index (χ1) is 8.81. The number of rotatable bonds is 4. The van der Waals surface area contributed by atoms with E-state index in [-0.39, 0.29) is 13.2 Å².